The van der Waals surface area contributed by atoms with Crippen molar-refractivity contribution in [1.82, 2.24) is 9.62 Å². The Hall–Kier alpha value is -2.80. The van der Waals surface area contributed by atoms with Gasteiger partial charge in [-0.15, -0.1) is 0 Å². The highest BCUT2D eigenvalue weighted by Gasteiger charge is 2.26. The van der Waals surface area contributed by atoms with Crippen LogP contribution in [0, 0.1) is 5.92 Å². The zero-order valence-electron chi connectivity index (χ0n) is 18.1. The van der Waals surface area contributed by atoms with Gasteiger partial charge in [-0.25, -0.2) is 17.9 Å². The highest BCUT2D eigenvalue weighted by molar-refractivity contribution is 7.94. The SMILES string of the molecule is CCOc1ccc(C=C(C)S(=O)(=O)NC(=O)N2CCC(Cc3ccccc3)CC2)cc1. The second-order valence-corrected chi connectivity index (χ2v) is 9.64. The topological polar surface area (TPSA) is 75.7 Å². The standard InChI is InChI=1S/C24H30N2O4S/c1-3-30-23-11-9-21(10-12-23)17-19(2)31(28,29)25-24(27)26-15-13-22(14-16-26)18-20-7-5-4-6-8-20/h4-12,17,22H,3,13-16,18H2,1-2H3,(H,25,27). The Morgan fingerprint density at radius 2 is 1.74 bits per heavy atom. The van der Waals surface area contributed by atoms with Crippen molar-refractivity contribution < 1.29 is 17.9 Å². The minimum absolute atomic E-state index is 0.0870. The first-order valence-electron chi connectivity index (χ1n) is 10.6. The third-order valence-electron chi connectivity index (χ3n) is 5.48. The van der Waals surface area contributed by atoms with Crippen molar-refractivity contribution in [3.8, 4) is 5.75 Å². The Morgan fingerprint density at radius 1 is 1.10 bits per heavy atom. The van der Waals surface area contributed by atoms with Crippen LogP contribution in [0.1, 0.15) is 37.8 Å². The molecule has 0 aromatic heterocycles. The number of allylic oxidation sites excluding steroid dienone is 1. The lowest BCUT2D eigenvalue weighted by Crippen LogP contribution is -2.46. The molecule has 0 atom stereocenters. The molecule has 2 aromatic rings. The van der Waals surface area contributed by atoms with Crippen LogP contribution >= 0.6 is 0 Å². The van der Waals surface area contributed by atoms with E-state index in [0.29, 0.717) is 25.6 Å². The van der Waals surface area contributed by atoms with Crippen LogP contribution in [0.4, 0.5) is 4.79 Å². The van der Waals surface area contributed by atoms with Crippen LogP contribution in [-0.2, 0) is 16.4 Å². The quantitative estimate of drug-likeness (QED) is 0.688. The third kappa shape index (κ3) is 6.59. The normalized spacial score (nSPS) is 15.5. The lowest BCUT2D eigenvalue weighted by atomic mass is 9.90. The number of nitrogens with zero attached hydrogens (tertiary/aromatic N) is 1. The number of amides is 2. The number of hydrogen-bond donors (Lipinski definition) is 1. The molecule has 0 aliphatic carbocycles. The van der Waals surface area contributed by atoms with E-state index in [1.54, 1.807) is 29.2 Å². The second-order valence-electron chi connectivity index (χ2n) is 7.79. The molecule has 0 bridgehead atoms. The van der Waals surface area contributed by atoms with Gasteiger partial charge in [-0.05, 0) is 68.4 Å². The number of urea groups is 1. The Morgan fingerprint density at radius 3 is 2.35 bits per heavy atom. The first-order chi connectivity index (χ1) is 14.9. The maximum Gasteiger partial charge on any atom is 0.331 e. The average Bonchev–Trinajstić information content (AvgIpc) is 2.76. The van der Waals surface area contributed by atoms with E-state index < -0.39 is 16.1 Å². The molecule has 1 N–H and O–H groups in total. The fourth-order valence-electron chi connectivity index (χ4n) is 3.69. The largest absolute Gasteiger partial charge is 0.494 e. The Bertz CT molecular complexity index is 994. The van der Waals surface area contributed by atoms with Crippen LogP contribution < -0.4 is 9.46 Å². The first kappa shape index (κ1) is 22.9. The van der Waals surface area contributed by atoms with Gasteiger partial charge in [0.15, 0.2) is 0 Å². The molecule has 0 unspecified atom stereocenters. The van der Waals surface area contributed by atoms with E-state index in [4.69, 9.17) is 4.74 Å². The van der Waals surface area contributed by atoms with Gasteiger partial charge in [-0.1, -0.05) is 42.5 Å². The number of sulfonamides is 1. The molecule has 1 aliphatic heterocycles. The summed E-state index contributed by atoms with van der Waals surface area (Å²) in [4.78, 5) is 14.2. The minimum Gasteiger partial charge on any atom is -0.494 e. The number of likely N-dealkylation sites (tertiary alicyclic amines) is 1. The van der Waals surface area contributed by atoms with E-state index in [1.165, 1.54) is 18.6 Å². The van der Waals surface area contributed by atoms with Crippen LogP contribution in [0.15, 0.2) is 59.5 Å². The highest BCUT2D eigenvalue weighted by atomic mass is 32.2. The molecule has 0 spiro atoms. The van der Waals surface area contributed by atoms with Gasteiger partial charge in [0, 0.05) is 13.1 Å². The van der Waals surface area contributed by atoms with Crippen LogP contribution in [0.25, 0.3) is 6.08 Å². The summed E-state index contributed by atoms with van der Waals surface area (Å²) >= 11 is 0. The van der Waals surface area contributed by atoms with Crippen LogP contribution in [0.3, 0.4) is 0 Å². The number of rotatable bonds is 7. The highest BCUT2D eigenvalue weighted by Crippen LogP contribution is 2.22. The summed E-state index contributed by atoms with van der Waals surface area (Å²) in [5.41, 5.74) is 2.02. The van der Waals surface area contributed by atoms with Gasteiger partial charge < -0.3 is 9.64 Å². The zero-order valence-corrected chi connectivity index (χ0v) is 18.9. The van der Waals surface area contributed by atoms with E-state index in [2.05, 4.69) is 16.9 Å². The molecule has 3 rings (SSSR count). The lowest BCUT2D eigenvalue weighted by molar-refractivity contribution is 0.175. The van der Waals surface area contributed by atoms with Gasteiger partial charge in [0.1, 0.15) is 5.75 Å². The molecule has 7 heteroatoms. The molecule has 1 heterocycles. The monoisotopic (exact) mass is 442 g/mol. The molecule has 1 saturated heterocycles. The maximum absolute atomic E-state index is 12.6. The summed E-state index contributed by atoms with van der Waals surface area (Å²) in [7, 11) is -3.90. The molecular weight excluding hydrogens is 412 g/mol. The molecule has 1 fully saturated rings. The predicted molar refractivity (Wildman–Crippen MR) is 123 cm³/mol. The fraction of sp³-hybridized carbons (Fsp3) is 0.375. The predicted octanol–water partition coefficient (Wildman–Crippen LogP) is 4.44. The molecule has 0 saturated carbocycles. The smallest absolute Gasteiger partial charge is 0.331 e. The second kappa shape index (κ2) is 10.5. The van der Waals surface area contributed by atoms with Gasteiger partial charge >= 0.3 is 6.03 Å². The Kier molecular flexibility index (Phi) is 7.74. The van der Waals surface area contributed by atoms with Crippen molar-refractivity contribution in [3.63, 3.8) is 0 Å². The molecule has 2 aromatic carbocycles. The van der Waals surface area contributed by atoms with Crippen molar-refractivity contribution in [3.05, 3.63) is 70.6 Å². The minimum atomic E-state index is -3.90. The van der Waals surface area contributed by atoms with E-state index in [9.17, 15) is 13.2 Å². The van der Waals surface area contributed by atoms with Crippen molar-refractivity contribution in [1.29, 1.82) is 0 Å². The van der Waals surface area contributed by atoms with Crippen molar-refractivity contribution in [2.45, 2.75) is 33.1 Å². The van der Waals surface area contributed by atoms with Gasteiger partial charge in [0.05, 0.1) is 11.5 Å². The first-order valence-corrected chi connectivity index (χ1v) is 12.1. The summed E-state index contributed by atoms with van der Waals surface area (Å²) < 4.78 is 32.8. The molecular formula is C24H30N2O4S. The molecule has 0 radical (unpaired) electrons. The zero-order chi connectivity index (χ0) is 22.3. The number of nitrogens with one attached hydrogen (secondary N) is 1. The number of benzene rings is 2. The summed E-state index contributed by atoms with van der Waals surface area (Å²) in [6.45, 7) is 5.07. The molecule has 6 nitrogen and oxygen atoms in total. The molecule has 166 valence electrons. The van der Waals surface area contributed by atoms with Crippen LogP contribution in [0.2, 0.25) is 0 Å². The number of hydrogen-bond acceptors (Lipinski definition) is 4. The van der Waals surface area contributed by atoms with Crippen molar-refractivity contribution in [2.24, 2.45) is 5.92 Å². The number of piperidine rings is 1. The number of carbonyl (C=O) groups excluding carboxylic acids is 1. The summed E-state index contributed by atoms with van der Waals surface area (Å²) in [6, 6.07) is 16.9. The van der Waals surface area contributed by atoms with Gasteiger partial charge in [-0.2, -0.15) is 0 Å². The van der Waals surface area contributed by atoms with E-state index in [0.717, 1.165) is 30.6 Å². The van der Waals surface area contributed by atoms with Crippen LogP contribution in [0.5, 0.6) is 5.75 Å². The van der Waals surface area contributed by atoms with Gasteiger partial charge in [-0.3, -0.25) is 0 Å². The Labute approximate surface area is 185 Å². The number of carbonyl (C=O) groups is 1. The summed E-state index contributed by atoms with van der Waals surface area (Å²) in [6.07, 6.45) is 4.25. The molecule has 2 amide bonds. The van der Waals surface area contributed by atoms with Crippen molar-refractivity contribution in [2.75, 3.05) is 19.7 Å². The molecule has 31 heavy (non-hydrogen) atoms. The number of ether oxygens (including phenoxy) is 1. The van der Waals surface area contributed by atoms with Gasteiger partial charge in [0.2, 0.25) is 0 Å². The fourth-order valence-corrected chi connectivity index (χ4v) is 4.50. The maximum atomic E-state index is 12.6. The van der Waals surface area contributed by atoms with E-state index >= 15 is 0 Å². The van der Waals surface area contributed by atoms with Crippen molar-refractivity contribution >= 4 is 22.1 Å². The Balaban J connectivity index is 1.54. The molecule has 1 aliphatic rings. The third-order valence-corrected chi connectivity index (χ3v) is 6.88. The average molecular weight is 443 g/mol. The van der Waals surface area contributed by atoms with Gasteiger partial charge in [0.25, 0.3) is 10.0 Å². The van der Waals surface area contributed by atoms with E-state index in [-0.39, 0.29) is 4.91 Å². The van der Waals surface area contributed by atoms with Crippen LogP contribution in [-0.4, -0.2) is 39.0 Å². The lowest BCUT2D eigenvalue weighted by Gasteiger charge is -2.32. The summed E-state index contributed by atoms with van der Waals surface area (Å²) in [5.74, 6) is 1.23. The summed E-state index contributed by atoms with van der Waals surface area (Å²) in [5, 5.41) is 0. The van der Waals surface area contributed by atoms with E-state index in [1.807, 2.05) is 25.1 Å².